The molecule has 0 aliphatic carbocycles. The molecule has 0 saturated carbocycles. The van der Waals surface area contributed by atoms with Crippen molar-refractivity contribution in [1.29, 1.82) is 0 Å². The largest absolute Gasteiger partial charge is 0.391 e. The van der Waals surface area contributed by atoms with Crippen LogP contribution in [0.1, 0.15) is 52.4 Å². The lowest BCUT2D eigenvalue weighted by atomic mass is 10.1. The molecule has 0 aromatic carbocycles. The summed E-state index contributed by atoms with van der Waals surface area (Å²) < 4.78 is 0. The van der Waals surface area contributed by atoms with Crippen molar-refractivity contribution in [2.24, 2.45) is 0 Å². The van der Waals surface area contributed by atoms with E-state index in [0.717, 1.165) is 12.0 Å². The van der Waals surface area contributed by atoms with Crippen molar-refractivity contribution in [3.8, 4) is 0 Å². The summed E-state index contributed by atoms with van der Waals surface area (Å²) in [6.45, 7) is 4.32. The number of hydrogen-bond donors (Lipinski definition) is 1. The molecule has 0 aliphatic heterocycles. The quantitative estimate of drug-likeness (QED) is 0.472. The van der Waals surface area contributed by atoms with Crippen molar-refractivity contribution in [2.45, 2.75) is 52.4 Å². The third-order valence-corrected chi connectivity index (χ3v) is 2.12. The second kappa shape index (κ2) is 9.57. The minimum absolute atomic E-state index is 0.165. The Morgan fingerprint density at radius 2 is 1.92 bits per heavy atom. The van der Waals surface area contributed by atoms with Gasteiger partial charge in [0.05, 0.1) is 6.61 Å². The minimum atomic E-state index is 0.165. The molecular weight excluding hydrogens is 160 g/mol. The first-order chi connectivity index (χ1) is 6.35. The van der Waals surface area contributed by atoms with Crippen LogP contribution >= 0.6 is 0 Å². The number of unbranched alkanes of at least 4 members (excludes halogenated alkanes) is 4. The van der Waals surface area contributed by atoms with Crippen molar-refractivity contribution < 1.29 is 5.11 Å². The molecule has 0 amide bonds. The molecule has 0 heterocycles. The summed E-state index contributed by atoms with van der Waals surface area (Å²) >= 11 is 0. The van der Waals surface area contributed by atoms with Crippen LogP contribution in [0.25, 0.3) is 0 Å². The van der Waals surface area contributed by atoms with Crippen molar-refractivity contribution in [2.75, 3.05) is 6.61 Å². The van der Waals surface area contributed by atoms with E-state index in [0.29, 0.717) is 0 Å². The van der Waals surface area contributed by atoms with Gasteiger partial charge in [-0.3, -0.25) is 0 Å². The predicted octanol–water partition coefficient (Wildman–Crippen LogP) is 3.44. The number of rotatable bonds is 7. The predicted molar refractivity (Wildman–Crippen MR) is 57.7 cm³/mol. The first-order valence-corrected chi connectivity index (χ1v) is 5.35. The summed E-state index contributed by atoms with van der Waals surface area (Å²) in [6, 6.07) is 0. The van der Waals surface area contributed by atoms with Crippen molar-refractivity contribution >= 4 is 0 Å². The van der Waals surface area contributed by atoms with E-state index in [4.69, 9.17) is 5.11 Å². The smallest absolute Gasteiger partial charge is 0.0715 e. The van der Waals surface area contributed by atoms with E-state index in [1.54, 1.807) is 0 Å². The van der Waals surface area contributed by atoms with Crippen LogP contribution in [-0.4, -0.2) is 11.7 Å². The lowest BCUT2D eigenvalue weighted by Gasteiger charge is -2.00. The third-order valence-electron chi connectivity index (χ3n) is 2.12. The molecule has 0 aromatic rings. The molecule has 0 spiro atoms. The van der Waals surface area contributed by atoms with Gasteiger partial charge in [-0.2, -0.15) is 0 Å². The van der Waals surface area contributed by atoms with Crippen molar-refractivity contribution in [3.63, 3.8) is 0 Å². The molecule has 0 rings (SSSR count). The Bertz CT molecular complexity index is 164. The SMILES string of the molecule is CC=C=C(CO)CCCCCCC. The van der Waals surface area contributed by atoms with Crippen LogP contribution in [0.5, 0.6) is 0 Å². The summed E-state index contributed by atoms with van der Waals surface area (Å²) in [5.74, 6) is 0. The Hall–Kier alpha value is -0.520. The van der Waals surface area contributed by atoms with E-state index in [1.165, 1.54) is 32.1 Å². The van der Waals surface area contributed by atoms with Gasteiger partial charge in [-0.15, -0.1) is 5.73 Å². The average molecular weight is 182 g/mol. The molecule has 0 aliphatic rings. The molecular formula is C12H22O. The molecule has 0 bridgehead atoms. The summed E-state index contributed by atoms with van der Waals surface area (Å²) in [6.07, 6.45) is 9.30. The summed E-state index contributed by atoms with van der Waals surface area (Å²) in [5.41, 5.74) is 4.11. The first kappa shape index (κ1) is 12.5. The molecule has 0 saturated heterocycles. The topological polar surface area (TPSA) is 20.2 Å². The Morgan fingerprint density at radius 1 is 1.23 bits per heavy atom. The molecule has 76 valence electrons. The second-order valence-corrected chi connectivity index (χ2v) is 3.36. The van der Waals surface area contributed by atoms with Crippen LogP contribution in [0, 0.1) is 0 Å². The highest BCUT2D eigenvalue weighted by molar-refractivity contribution is 5.00. The maximum absolute atomic E-state index is 8.94. The summed E-state index contributed by atoms with van der Waals surface area (Å²) in [4.78, 5) is 0. The highest BCUT2D eigenvalue weighted by Crippen LogP contribution is 2.09. The van der Waals surface area contributed by atoms with Gasteiger partial charge in [0.1, 0.15) is 0 Å². The maximum atomic E-state index is 8.94. The van der Waals surface area contributed by atoms with Crippen LogP contribution in [0.15, 0.2) is 17.4 Å². The molecule has 0 radical (unpaired) electrons. The molecule has 0 atom stereocenters. The Morgan fingerprint density at radius 3 is 2.46 bits per heavy atom. The third kappa shape index (κ3) is 7.83. The van der Waals surface area contributed by atoms with E-state index < -0.39 is 0 Å². The fourth-order valence-electron chi connectivity index (χ4n) is 1.34. The maximum Gasteiger partial charge on any atom is 0.0715 e. The molecule has 0 aromatic heterocycles. The van der Waals surface area contributed by atoms with E-state index in [9.17, 15) is 0 Å². The van der Waals surface area contributed by atoms with Crippen molar-refractivity contribution in [1.82, 2.24) is 0 Å². The average Bonchev–Trinajstić information content (AvgIpc) is 2.16. The van der Waals surface area contributed by atoms with Gasteiger partial charge in [-0.25, -0.2) is 0 Å². The fraction of sp³-hybridized carbons (Fsp3) is 0.750. The molecule has 1 heteroatoms. The van der Waals surface area contributed by atoms with Gasteiger partial charge >= 0.3 is 0 Å². The lowest BCUT2D eigenvalue weighted by molar-refractivity contribution is 0.325. The minimum Gasteiger partial charge on any atom is -0.391 e. The van der Waals surface area contributed by atoms with Crippen LogP contribution < -0.4 is 0 Å². The fourth-order valence-corrected chi connectivity index (χ4v) is 1.34. The van der Waals surface area contributed by atoms with Crippen LogP contribution in [-0.2, 0) is 0 Å². The lowest BCUT2D eigenvalue weighted by Crippen LogP contribution is -1.89. The van der Waals surface area contributed by atoms with Gasteiger partial charge in [0, 0.05) is 0 Å². The Labute approximate surface area is 82.2 Å². The van der Waals surface area contributed by atoms with Gasteiger partial charge in [0.2, 0.25) is 0 Å². The first-order valence-electron chi connectivity index (χ1n) is 5.35. The zero-order valence-corrected chi connectivity index (χ0v) is 8.97. The van der Waals surface area contributed by atoms with E-state index in [-0.39, 0.29) is 6.61 Å². The zero-order chi connectivity index (χ0) is 9.94. The highest BCUT2D eigenvalue weighted by atomic mass is 16.3. The summed E-state index contributed by atoms with van der Waals surface area (Å²) in [5, 5.41) is 8.94. The van der Waals surface area contributed by atoms with Gasteiger partial charge in [0.25, 0.3) is 0 Å². The molecule has 1 nitrogen and oxygen atoms in total. The Balaban J connectivity index is 3.45. The van der Waals surface area contributed by atoms with Crippen LogP contribution in [0.3, 0.4) is 0 Å². The monoisotopic (exact) mass is 182 g/mol. The van der Waals surface area contributed by atoms with Crippen molar-refractivity contribution in [3.05, 3.63) is 17.4 Å². The Kier molecular flexibility index (Phi) is 9.18. The van der Waals surface area contributed by atoms with E-state index >= 15 is 0 Å². The zero-order valence-electron chi connectivity index (χ0n) is 8.97. The number of hydrogen-bond acceptors (Lipinski definition) is 1. The molecule has 13 heavy (non-hydrogen) atoms. The molecule has 1 N–H and O–H groups in total. The van der Waals surface area contributed by atoms with Gasteiger partial charge < -0.3 is 5.11 Å². The van der Waals surface area contributed by atoms with Gasteiger partial charge in [-0.1, -0.05) is 32.6 Å². The highest BCUT2D eigenvalue weighted by Gasteiger charge is 1.94. The van der Waals surface area contributed by atoms with E-state index in [2.05, 4.69) is 12.7 Å². The van der Waals surface area contributed by atoms with Crippen LogP contribution in [0.2, 0.25) is 0 Å². The summed E-state index contributed by atoms with van der Waals surface area (Å²) in [7, 11) is 0. The second-order valence-electron chi connectivity index (χ2n) is 3.36. The molecule has 0 unspecified atom stereocenters. The van der Waals surface area contributed by atoms with Crippen LogP contribution in [0.4, 0.5) is 0 Å². The number of aliphatic hydroxyl groups excluding tert-OH is 1. The normalized spacial score (nSPS) is 9.46. The van der Waals surface area contributed by atoms with Gasteiger partial charge in [-0.05, 0) is 31.4 Å². The molecule has 0 fully saturated rings. The van der Waals surface area contributed by atoms with Gasteiger partial charge in [0.15, 0.2) is 0 Å². The standard InChI is InChI=1S/C12H22O/c1-3-5-6-7-8-10-12(11-13)9-4-2/h4,13H,3,5-8,10-11H2,1-2H3. The number of aliphatic hydroxyl groups is 1. The van der Waals surface area contributed by atoms with E-state index in [1.807, 2.05) is 13.0 Å².